The smallest absolute Gasteiger partial charge is 0.282 e. The first-order valence-electron chi connectivity index (χ1n) is 7.80. The molecule has 2 aromatic rings. The van der Waals surface area contributed by atoms with E-state index in [-0.39, 0.29) is 12.5 Å². The van der Waals surface area contributed by atoms with Crippen LogP contribution >= 0.6 is 0 Å². The number of hydrogen-bond donors (Lipinski definition) is 0. The van der Waals surface area contributed by atoms with Crippen LogP contribution in [0.15, 0.2) is 41.4 Å². The van der Waals surface area contributed by atoms with Gasteiger partial charge in [-0.25, -0.2) is 0 Å². The summed E-state index contributed by atoms with van der Waals surface area (Å²) in [7, 11) is 0. The van der Waals surface area contributed by atoms with E-state index < -0.39 is 4.92 Å². The summed E-state index contributed by atoms with van der Waals surface area (Å²) in [5.41, 5.74) is 2.33. The summed E-state index contributed by atoms with van der Waals surface area (Å²) in [4.78, 5) is 15.1. The lowest BCUT2D eigenvalue weighted by molar-refractivity contribution is -0.385. The second kappa shape index (κ2) is 6.70. The Labute approximate surface area is 139 Å². The number of aliphatic imine (C=N–C) groups is 1. The Bertz CT molecular complexity index is 784. The van der Waals surface area contributed by atoms with Gasteiger partial charge >= 0.3 is 0 Å². The van der Waals surface area contributed by atoms with Crippen molar-refractivity contribution in [2.75, 3.05) is 6.79 Å². The molecule has 0 saturated heterocycles. The van der Waals surface area contributed by atoms with E-state index >= 15 is 0 Å². The summed E-state index contributed by atoms with van der Waals surface area (Å²) in [5.74, 6) is 1.38. The number of nitro groups is 1. The van der Waals surface area contributed by atoms with Gasteiger partial charge < -0.3 is 9.47 Å². The minimum atomic E-state index is -0.449. The van der Waals surface area contributed by atoms with E-state index in [1.54, 1.807) is 6.07 Å². The molecular weight excluding hydrogens is 308 g/mol. The highest BCUT2D eigenvalue weighted by Gasteiger charge is 2.22. The number of hydrogen-bond acceptors (Lipinski definition) is 5. The number of rotatable bonds is 5. The maximum absolute atomic E-state index is 11.2. The zero-order valence-corrected chi connectivity index (χ0v) is 13.6. The van der Waals surface area contributed by atoms with Crippen LogP contribution < -0.4 is 9.47 Å². The topological polar surface area (TPSA) is 74.0 Å². The minimum Gasteiger partial charge on any atom is -0.454 e. The molecule has 24 heavy (non-hydrogen) atoms. The predicted octanol–water partition coefficient (Wildman–Crippen LogP) is 4.59. The zero-order chi connectivity index (χ0) is 17.1. The molecule has 0 N–H and O–H groups in total. The van der Waals surface area contributed by atoms with Crippen LogP contribution in [0.3, 0.4) is 0 Å². The normalized spacial score (nSPS) is 14.1. The number of nitro benzene ring substituents is 1. The average Bonchev–Trinajstić information content (AvgIpc) is 3.06. The van der Waals surface area contributed by atoms with Crippen molar-refractivity contribution < 1.29 is 14.4 Å². The summed E-state index contributed by atoms with van der Waals surface area (Å²) in [6.07, 6.45) is 2.56. The van der Waals surface area contributed by atoms with Crippen molar-refractivity contribution in [1.29, 1.82) is 0 Å². The maximum atomic E-state index is 11.2. The quantitative estimate of drug-likeness (QED) is 0.457. The van der Waals surface area contributed by atoms with Crippen molar-refractivity contribution in [2.24, 2.45) is 4.99 Å². The van der Waals surface area contributed by atoms with Crippen LogP contribution in [0.1, 0.15) is 37.3 Å². The second-order valence-corrected chi connectivity index (χ2v) is 5.68. The van der Waals surface area contributed by atoms with Gasteiger partial charge in [0, 0.05) is 6.21 Å². The van der Waals surface area contributed by atoms with Gasteiger partial charge in [0.15, 0.2) is 11.5 Å². The molecule has 0 saturated carbocycles. The molecule has 2 aromatic carbocycles. The molecule has 0 spiro atoms. The monoisotopic (exact) mass is 326 g/mol. The predicted molar refractivity (Wildman–Crippen MR) is 91.6 cm³/mol. The molecule has 1 unspecified atom stereocenters. The van der Waals surface area contributed by atoms with E-state index in [2.05, 4.69) is 18.8 Å². The third kappa shape index (κ3) is 3.22. The molecule has 0 radical (unpaired) electrons. The van der Waals surface area contributed by atoms with E-state index in [0.29, 0.717) is 23.0 Å². The fraction of sp³-hybridized carbons (Fsp3) is 0.278. The van der Waals surface area contributed by atoms with E-state index in [4.69, 9.17) is 9.47 Å². The van der Waals surface area contributed by atoms with E-state index in [0.717, 1.165) is 12.1 Å². The van der Waals surface area contributed by atoms with E-state index in [1.807, 2.05) is 24.3 Å². The van der Waals surface area contributed by atoms with Crippen molar-refractivity contribution in [1.82, 2.24) is 0 Å². The van der Waals surface area contributed by atoms with Crippen LogP contribution in [-0.4, -0.2) is 17.9 Å². The summed E-state index contributed by atoms with van der Waals surface area (Å²) >= 11 is 0. The Hall–Kier alpha value is -2.89. The van der Waals surface area contributed by atoms with Crippen molar-refractivity contribution >= 4 is 17.6 Å². The van der Waals surface area contributed by atoms with Crippen LogP contribution in [-0.2, 0) is 0 Å². The van der Waals surface area contributed by atoms with E-state index in [1.165, 1.54) is 17.8 Å². The average molecular weight is 326 g/mol. The van der Waals surface area contributed by atoms with Crippen molar-refractivity contribution in [3.8, 4) is 11.5 Å². The van der Waals surface area contributed by atoms with Gasteiger partial charge in [-0.2, -0.15) is 0 Å². The number of nitrogens with zero attached hydrogens (tertiary/aromatic N) is 2. The largest absolute Gasteiger partial charge is 0.454 e. The van der Waals surface area contributed by atoms with Gasteiger partial charge in [0.2, 0.25) is 6.79 Å². The summed E-state index contributed by atoms with van der Waals surface area (Å²) in [5, 5.41) is 11.2. The lowest BCUT2D eigenvalue weighted by Gasteiger charge is -2.08. The molecule has 0 bridgehead atoms. The first kappa shape index (κ1) is 16.0. The highest BCUT2D eigenvalue weighted by atomic mass is 16.7. The molecule has 1 atom stereocenters. The van der Waals surface area contributed by atoms with Gasteiger partial charge in [-0.15, -0.1) is 0 Å². The molecule has 6 heteroatoms. The van der Waals surface area contributed by atoms with Gasteiger partial charge in [-0.05, 0) is 36.1 Å². The Morgan fingerprint density at radius 2 is 1.92 bits per heavy atom. The first-order valence-corrected chi connectivity index (χ1v) is 7.80. The Balaban J connectivity index is 1.87. The third-order valence-electron chi connectivity index (χ3n) is 4.15. The molecular formula is C18H18N2O4. The molecule has 1 aliphatic rings. The third-order valence-corrected chi connectivity index (χ3v) is 4.15. The van der Waals surface area contributed by atoms with Gasteiger partial charge in [-0.3, -0.25) is 15.1 Å². The summed E-state index contributed by atoms with van der Waals surface area (Å²) in [6.45, 7) is 4.40. The molecule has 6 nitrogen and oxygen atoms in total. The molecule has 1 aliphatic heterocycles. The zero-order valence-electron chi connectivity index (χ0n) is 13.6. The van der Waals surface area contributed by atoms with Gasteiger partial charge in [0.1, 0.15) is 0 Å². The molecule has 124 valence electrons. The van der Waals surface area contributed by atoms with Crippen LogP contribution in [0.25, 0.3) is 0 Å². The minimum absolute atomic E-state index is 0.0563. The number of ether oxygens (including phenoxy) is 2. The van der Waals surface area contributed by atoms with Crippen LogP contribution in [0, 0.1) is 10.1 Å². The Morgan fingerprint density at radius 3 is 2.54 bits per heavy atom. The lowest BCUT2D eigenvalue weighted by atomic mass is 9.99. The van der Waals surface area contributed by atoms with Gasteiger partial charge in [-0.1, -0.05) is 26.0 Å². The van der Waals surface area contributed by atoms with Crippen LogP contribution in [0.5, 0.6) is 11.5 Å². The second-order valence-electron chi connectivity index (χ2n) is 5.68. The fourth-order valence-corrected chi connectivity index (χ4v) is 2.48. The highest BCUT2D eigenvalue weighted by molar-refractivity contribution is 5.88. The molecule has 1 heterocycles. The van der Waals surface area contributed by atoms with Crippen LogP contribution in [0.2, 0.25) is 0 Å². The number of fused-ring (bicyclic) bond motifs is 1. The first-order chi connectivity index (χ1) is 11.6. The molecule has 3 rings (SSSR count). The Morgan fingerprint density at radius 1 is 1.25 bits per heavy atom. The molecule has 0 fully saturated rings. The fourth-order valence-electron chi connectivity index (χ4n) is 2.48. The van der Waals surface area contributed by atoms with Crippen molar-refractivity contribution in [3.63, 3.8) is 0 Å². The Kier molecular flexibility index (Phi) is 4.46. The van der Waals surface area contributed by atoms with Crippen LogP contribution in [0.4, 0.5) is 11.4 Å². The van der Waals surface area contributed by atoms with Gasteiger partial charge in [0.05, 0.1) is 22.2 Å². The maximum Gasteiger partial charge on any atom is 0.282 e. The standard InChI is InChI=1S/C18H18N2O4/c1-3-12(2)13-4-6-15(7-5-13)19-10-14-8-17-18(24-11-23-17)9-16(14)20(21)22/h4-10,12H,3,11H2,1-2H3. The summed E-state index contributed by atoms with van der Waals surface area (Å²) in [6, 6.07) is 10.9. The lowest BCUT2D eigenvalue weighted by Crippen LogP contribution is -1.95. The van der Waals surface area contributed by atoms with Crippen molar-refractivity contribution in [3.05, 3.63) is 57.6 Å². The van der Waals surface area contributed by atoms with E-state index in [9.17, 15) is 10.1 Å². The highest BCUT2D eigenvalue weighted by Crippen LogP contribution is 2.37. The van der Waals surface area contributed by atoms with Gasteiger partial charge in [0.25, 0.3) is 5.69 Å². The summed E-state index contributed by atoms with van der Waals surface area (Å²) < 4.78 is 10.5. The molecule has 0 amide bonds. The molecule has 0 aromatic heterocycles. The molecule has 0 aliphatic carbocycles. The number of benzene rings is 2. The van der Waals surface area contributed by atoms with Crippen molar-refractivity contribution in [2.45, 2.75) is 26.2 Å². The SMILES string of the molecule is CCC(C)c1ccc(N=Cc2cc3c(cc2[N+](=O)[O-])OCO3)cc1.